The fourth-order valence-corrected chi connectivity index (χ4v) is 2.81. The molecule has 1 aromatic heterocycles. The van der Waals surface area contributed by atoms with E-state index in [1.54, 1.807) is 32.9 Å². The van der Waals surface area contributed by atoms with Gasteiger partial charge in [-0.25, -0.2) is 14.4 Å². The third-order valence-electron chi connectivity index (χ3n) is 4.11. The highest BCUT2D eigenvalue weighted by atomic mass is 16.6. The average molecular weight is 409 g/mol. The van der Waals surface area contributed by atoms with E-state index in [9.17, 15) is 14.4 Å². The summed E-state index contributed by atoms with van der Waals surface area (Å²) in [6.45, 7) is 6.66. The lowest BCUT2D eigenvalue weighted by molar-refractivity contribution is -0.136. The Labute approximate surface area is 173 Å². The highest BCUT2D eigenvalue weighted by molar-refractivity contribution is 5.94. The molecule has 0 radical (unpaired) electrons. The SMILES string of the molecule is C[C@H](NC(=O)OC(C)(C)C)C(=O)Oc1ccc2c(-c3ccccc3)cc(=O)oc2c1. The minimum Gasteiger partial charge on any atom is -0.444 e. The van der Waals surface area contributed by atoms with Crippen LogP contribution in [0.25, 0.3) is 22.1 Å². The Morgan fingerprint density at radius 3 is 2.40 bits per heavy atom. The van der Waals surface area contributed by atoms with Gasteiger partial charge in [0.05, 0.1) is 0 Å². The van der Waals surface area contributed by atoms with Crippen molar-refractivity contribution in [1.29, 1.82) is 0 Å². The summed E-state index contributed by atoms with van der Waals surface area (Å²) in [5.41, 5.74) is 0.694. The number of benzene rings is 2. The van der Waals surface area contributed by atoms with Gasteiger partial charge in [0.1, 0.15) is 23.0 Å². The van der Waals surface area contributed by atoms with Gasteiger partial charge >= 0.3 is 17.7 Å². The molecule has 2 aromatic carbocycles. The Morgan fingerprint density at radius 1 is 1.03 bits per heavy atom. The van der Waals surface area contributed by atoms with E-state index in [4.69, 9.17) is 13.9 Å². The van der Waals surface area contributed by atoms with Gasteiger partial charge in [-0.05, 0) is 51.0 Å². The van der Waals surface area contributed by atoms with Crippen LogP contribution in [0.3, 0.4) is 0 Å². The maximum Gasteiger partial charge on any atom is 0.408 e. The van der Waals surface area contributed by atoms with Crippen molar-refractivity contribution in [2.24, 2.45) is 0 Å². The van der Waals surface area contributed by atoms with Crippen LogP contribution >= 0.6 is 0 Å². The van der Waals surface area contributed by atoms with Crippen LogP contribution < -0.4 is 15.7 Å². The Hall–Kier alpha value is -3.61. The van der Waals surface area contributed by atoms with Gasteiger partial charge in [0.25, 0.3) is 0 Å². The van der Waals surface area contributed by atoms with Crippen molar-refractivity contribution in [2.75, 3.05) is 0 Å². The lowest BCUT2D eigenvalue weighted by Gasteiger charge is -2.21. The summed E-state index contributed by atoms with van der Waals surface area (Å²) in [5, 5.41) is 3.13. The Balaban J connectivity index is 1.80. The maximum absolute atomic E-state index is 12.3. The minimum absolute atomic E-state index is 0.193. The predicted molar refractivity (Wildman–Crippen MR) is 112 cm³/mol. The van der Waals surface area contributed by atoms with Crippen LogP contribution in [-0.2, 0) is 9.53 Å². The Bertz CT molecular complexity index is 1130. The number of carbonyl (C=O) groups excluding carboxylic acids is 2. The first-order valence-electron chi connectivity index (χ1n) is 9.47. The molecule has 7 nitrogen and oxygen atoms in total. The molecule has 0 aliphatic heterocycles. The summed E-state index contributed by atoms with van der Waals surface area (Å²) in [6.07, 6.45) is -0.719. The number of hydrogen-bond acceptors (Lipinski definition) is 6. The molecule has 156 valence electrons. The molecule has 0 aliphatic carbocycles. The zero-order valence-electron chi connectivity index (χ0n) is 17.2. The van der Waals surface area contributed by atoms with Crippen molar-refractivity contribution in [3.63, 3.8) is 0 Å². The van der Waals surface area contributed by atoms with Crippen LogP contribution in [0.5, 0.6) is 5.75 Å². The van der Waals surface area contributed by atoms with Crippen LogP contribution in [0.4, 0.5) is 4.79 Å². The van der Waals surface area contributed by atoms with Gasteiger partial charge in [0.2, 0.25) is 0 Å². The highest BCUT2D eigenvalue weighted by Crippen LogP contribution is 2.29. The molecular weight excluding hydrogens is 386 g/mol. The van der Waals surface area contributed by atoms with E-state index in [1.165, 1.54) is 19.1 Å². The van der Waals surface area contributed by atoms with Crippen LogP contribution in [0.15, 0.2) is 63.8 Å². The number of amides is 1. The van der Waals surface area contributed by atoms with E-state index in [0.717, 1.165) is 11.1 Å². The Morgan fingerprint density at radius 2 is 1.73 bits per heavy atom. The third kappa shape index (κ3) is 5.26. The van der Waals surface area contributed by atoms with E-state index in [0.29, 0.717) is 11.0 Å². The second-order valence-electron chi connectivity index (χ2n) is 7.79. The number of alkyl carbamates (subject to hydrolysis) is 1. The van der Waals surface area contributed by atoms with Crippen LogP contribution in [0.2, 0.25) is 0 Å². The van der Waals surface area contributed by atoms with E-state index >= 15 is 0 Å². The molecule has 0 unspecified atom stereocenters. The van der Waals surface area contributed by atoms with Crippen molar-refractivity contribution >= 4 is 23.0 Å². The molecule has 0 spiro atoms. The largest absolute Gasteiger partial charge is 0.444 e. The number of ether oxygens (including phenoxy) is 2. The summed E-state index contributed by atoms with van der Waals surface area (Å²) >= 11 is 0. The second kappa shape index (κ2) is 8.41. The summed E-state index contributed by atoms with van der Waals surface area (Å²) < 4.78 is 15.7. The molecule has 3 rings (SSSR count). The van der Waals surface area contributed by atoms with Crippen molar-refractivity contribution < 1.29 is 23.5 Å². The minimum atomic E-state index is -0.932. The molecular formula is C23H23NO6. The second-order valence-corrected chi connectivity index (χ2v) is 7.79. The quantitative estimate of drug-likeness (QED) is 0.393. The maximum atomic E-state index is 12.3. The van der Waals surface area contributed by atoms with E-state index in [1.807, 2.05) is 30.3 Å². The van der Waals surface area contributed by atoms with E-state index in [2.05, 4.69) is 5.32 Å². The number of fused-ring (bicyclic) bond motifs is 1. The lowest BCUT2D eigenvalue weighted by atomic mass is 10.0. The van der Waals surface area contributed by atoms with E-state index in [-0.39, 0.29) is 5.75 Å². The topological polar surface area (TPSA) is 94.8 Å². The number of rotatable bonds is 4. The molecule has 0 bridgehead atoms. The van der Waals surface area contributed by atoms with Gasteiger partial charge in [-0.3, -0.25) is 0 Å². The molecule has 1 atom stereocenters. The molecule has 0 fully saturated rings. The zero-order chi connectivity index (χ0) is 21.9. The Kier molecular flexibility index (Phi) is 5.91. The molecule has 1 N–H and O–H groups in total. The van der Waals surface area contributed by atoms with Gasteiger partial charge < -0.3 is 19.2 Å². The molecule has 7 heteroatoms. The van der Waals surface area contributed by atoms with Crippen LogP contribution in [0, 0.1) is 0 Å². The first-order chi connectivity index (χ1) is 14.1. The zero-order valence-corrected chi connectivity index (χ0v) is 17.2. The first kappa shape index (κ1) is 21.1. The average Bonchev–Trinajstić information content (AvgIpc) is 2.66. The monoisotopic (exact) mass is 409 g/mol. The molecule has 30 heavy (non-hydrogen) atoms. The number of carbonyl (C=O) groups is 2. The number of esters is 1. The summed E-state index contributed by atoms with van der Waals surface area (Å²) in [4.78, 5) is 36.2. The highest BCUT2D eigenvalue weighted by Gasteiger charge is 2.22. The smallest absolute Gasteiger partial charge is 0.408 e. The summed E-state index contributed by atoms with van der Waals surface area (Å²) in [6, 6.07) is 14.7. The van der Waals surface area contributed by atoms with Crippen molar-refractivity contribution in [1.82, 2.24) is 5.32 Å². The first-order valence-corrected chi connectivity index (χ1v) is 9.47. The van der Waals surface area contributed by atoms with Crippen LogP contribution in [0.1, 0.15) is 27.7 Å². The van der Waals surface area contributed by atoms with Crippen molar-refractivity contribution in [2.45, 2.75) is 39.3 Å². The molecule has 0 saturated carbocycles. The van der Waals surface area contributed by atoms with Crippen molar-refractivity contribution in [3.8, 4) is 16.9 Å². The summed E-state index contributed by atoms with van der Waals surface area (Å²) in [5.74, 6) is -0.486. The lowest BCUT2D eigenvalue weighted by Crippen LogP contribution is -2.43. The number of nitrogens with one attached hydrogen (secondary N) is 1. The van der Waals surface area contributed by atoms with Crippen molar-refractivity contribution in [3.05, 3.63) is 65.0 Å². The molecule has 0 aliphatic rings. The van der Waals surface area contributed by atoms with E-state index < -0.39 is 29.3 Å². The van der Waals surface area contributed by atoms with Gasteiger partial charge in [-0.15, -0.1) is 0 Å². The summed E-state index contributed by atoms with van der Waals surface area (Å²) in [7, 11) is 0. The fraction of sp³-hybridized carbons (Fsp3) is 0.261. The predicted octanol–water partition coefficient (Wildman–Crippen LogP) is 4.28. The number of hydrogen-bond donors (Lipinski definition) is 1. The fourth-order valence-electron chi connectivity index (χ4n) is 2.81. The standard InChI is InChI=1S/C23H23NO6/c1-14(24-22(27)30-23(2,3)4)21(26)28-16-10-11-17-18(15-8-6-5-7-9-15)13-20(25)29-19(17)12-16/h5-14H,1-4H3,(H,24,27)/t14-/m0/s1. The third-order valence-corrected chi connectivity index (χ3v) is 4.11. The molecule has 1 heterocycles. The van der Waals surface area contributed by atoms with Gasteiger partial charge in [0.15, 0.2) is 0 Å². The van der Waals surface area contributed by atoms with Gasteiger partial charge in [0, 0.05) is 17.5 Å². The van der Waals surface area contributed by atoms with Gasteiger partial charge in [-0.2, -0.15) is 0 Å². The molecule has 0 saturated heterocycles. The molecule has 3 aromatic rings. The van der Waals surface area contributed by atoms with Gasteiger partial charge in [-0.1, -0.05) is 30.3 Å². The molecule has 1 amide bonds. The normalized spacial score (nSPS) is 12.3. The van der Waals surface area contributed by atoms with Crippen LogP contribution in [-0.4, -0.2) is 23.7 Å².